The van der Waals surface area contributed by atoms with Gasteiger partial charge in [-0.1, -0.05) is 6.92 Å². The summed E-state index contributed by atoms with van der Waals surface area (Å²) in [5.74, 6) is -1.12. The number of carbonyl (C=O) groups is 1. The van der Waals surface area contributed by atoms with Crippen molar-refractivity contribution in [2.24, 2.45) is 5.92 Å². The monoisotopic (exact) mass is 475 g/mol. The highest BCUT2D eigenvalue weighted by atomic mass is 31.0. The number of carbonyl (C=O) groups excluding carboxylic acids is 1. The molecule has 5 rings (SSSR count). The fraction of sp³-hybridized carbons (Fsp3) is 0.227. The third-order valence-corrected chi connectivity index (χ3v) is 6.45. The highest BCUT2D eigenvalue weighted by Gasteiger charge is 2.49. The zero-order chi connectivity index (χ0) is 23.5. The number of imidazole rings is 1. The highest BCUT2D eigenvalue weighted by molar-refractivity contribution is 7.27. The van der Waals surface area contributed by atoms with Gasteiger partial charge in [0.1, 0.15) is 5.82 Å². The number of nitrogens with zero attached hydrogens (tertiary/aromatic N) is 4. The first-order valence-corrected chi connectivity index (χ1v) is 10.7. The number of H-pyrrole nitrogens is 1. The largest absolute Gasteiger partial charge is 0.504 e. The predicted molar refractivity (Wildman–Crippen MR) is 118 cm³/mol. The van der Waals surface area contributed by atoms with E-state index in [4.69, 9.17) is 0 Å². The lowest BCUT2D eigenvalue weighted by Gasteiger charge is -2.47. The Morgan fingerprint density at radius 3 is 2.64 bits per heavy atom. The molecule has 1 aliphatic rings. The molecule has 11 heteroatoms. The molecule has 3 heterocycles. The molecule has 1 amide bonds. The Morgan fingerprint density at radius 1 is 1.18 bits per heavy atom. The number of anilines is 1. The molecule has 1 N–H and O–H groups in total. The Balaban J connectivity index is 1.55. The molecule has 2 aromatic heterocycles. The first-order chi connectivity index (χ1) is 15.7. The summed E-state index contributed by atoms with van der Waals surface area (Å²) in [6.45, 7) is 1.87. The van der Waals surface area contributed by atoms with E-state index in [2.05, 4.69) is 24.3 Å². The van der Waals surface area contributed by atoms with Crippen LogP contribution in [0.4, 0.5) is 23.2 Å². The molecule has 0 spiro atoms. The number of rotatable bonds is 4. The molecule has 6 nitrogen and oxygen atoms in total. The van der Waals surface area contributed by atoms with Crippen LogP contribution in [0.25, 0.3) is 22.2 Å². The van der Waals surface area contributed by atoms with Crippen molar-refractivity contribution in [3.8, 4) is 11.1 Å². The van der Waals surface area contributed by atoms with Crippen molar-refractivity contribution in [1.82, 2.24) is 19.7 Å². The minimum absolute atomic E-state index is 0.114. The third-order valence-electron chi connectivity index (χ3n) is 5.97. The van der Waals surface area contributed by atoms with Crippen molar-refractivity contribution < 1.29 is 22.4 Å². The smallest absolute Gasteiger partial charge is 0.345 e. The quantitative estimate of drug-likeness (QED) is 0.265. The predicted octanol–water partition coefficient (Wildman–Crippen LogP) is 4.66. The van der Waals surface area contributed by atoms with E-state index in [-0.39, 0.29) is 21.7 Å². The number of amides is 1. The van der Waals surface area contributed by atoms with Crippen molar-refractivity contribution in [2.45, 2.75) is 25.7 Å². The summed E-state index contributed by atoms with van der Waals surface area (Å²) in [4.78, 5) is 21.7. The number of halogens is 4. The van der Waals surface area contributed by atoms with Crippen LogP contribution in [0.2, 0.25) is 0 Å². The van der Waals surface area contributed by atoms with Crippen molar-refractivity contribution in [3.63, 3.8) is 0 Å². The van der Waals surface area contributed by atoms with E-state index >= 15 is 4.39 Å². The molecular formula is C22H18F4N5OP. The van der Waals surface area contributed by atoms with Gasteiger partial charge in [0, 0.05) is 23.0 Å². The van der Waals surface area contributed by atoms with Gasteiger partial charge in [0.25, 0.3) is 0 Å². The number of alkyl halides is 3. The van der Waals surface area contributed by atoms with Crippen LogP contribution in [-0.4, -0.2) is 25.7 Å². The maximum Gasteiger partial charge on any atom is 0.504 e. The van der Waals surface area contributed by atoms with Crippen LogP contribution in [0.1, 0.15) is 24.9 Å². The van der Waals surface area contributed by atoms with Gasteiger partial charge < -0.3 is 9.88 Å². The van der Waals surface area contributed by atoms with Crippen molar-refractivity contribution in [1.29, 1.82) is 0 Å². The summed E-state index contributed by atoms with van der Waals surface area (Å²) >= 11 is 0. The Hall–Kier alpha value is -3.26. The zero-order valence-electron chi connectivity index (χ0n) is 17.3. The number of β-lactam (4-membered cyclic amide) rings is 1. The lowest BCUT2D eigenvalue weighted by Crippen LogP contribution is -2.56. The van der Waals surface area contributed by atoms with E-state index < -0.39 is 24.1 Å². The summed E-state index contributed by atoms with van der Waals surface area (Å²) in [6, 6.07) is 7.58. The summed E-state index contributed by atoms with van der Waals surface area (Å²) in [6.07, 6.45) is -0.727. The van der Waals surface area contributed by atoms with E-state index in [0.29, 0.717) is 28.5 Å². The topological polar surface area (TPSA) is 66.8 Å². The van der Waals surface area contributed by atoms with Crippen molar-refractivity contribution >= 4 is 37.2 Å². The molecule has 0 radical (unpaired) electrons. The van der Waals surface area contributed by atoms with E-state index in [9.17, 15) is 18.0 Å². The number of fused-ring (bicyclic) bond motifs is 1. The molecule has 1 fully saturated rings. The van der Waals surface area contributed by atoms with Crippen molar-refractivity contribution in [3.05, 3.63) is 60.4 Å². The number of aromatic nitrogens is 4. The van der Waals surface area contributed by atoms with Crippen LogP contribution < -0.4 is 10.2 Å². The molecular weight excluding hydrogens is 457 g/mol. The molecule has 0 bridgehead atoms. The Bertz CT molecular complexity index is 1360. The second-order valence-electron chi connectivity index (χ2n) is 7.87. The second kappa shape index (κ2) is 7.66. The van der Waals surface area contributed by atoms with Gasteiger partial charge in [-0.25, -0.2) is 9.37 Å². The third kappa shape index (κ3) is 3.49. The fourth-order valence-corrected chi connectivity index (χ4v) is 4.85. The van der Waals surface area contributed by atoms with Gasteiger partial charge >= 0.3 is 6.30 Å². The van der Waals surface area contributed by atoms with E-state index in [1.165, 1.54) is 6.07 Å². The zero-order valence-corrected chi connectivity index (χ0v) is 18.4. The van der Waals surface area contributed by atoms with Crippen molar-refractivity contribution in [2.75, 3.05) is 4.90 Å². The lowest BCUT2D eigenvalue weighted by molar-refractivity contribution is -0.212. The van der Waals surface area contributed by atoms with Gasteiger partial charge in [-0.3, -0.25) is 4.79 Å². The van der Waals surface area contributed by atoms with Gasteiger partial charge in [-0.15, -0.1) is 22.4 Å². The summed E-state index contributed by atoms with van der Waals surface area (Å²) in [5, 5.41) is 3.78. The SMILES string of the molecule is CC[C@H]1C(=O)N(c2ccc3[nH]cnc3c2)[C@H]1c1c(F)cc(-c2cnn(C(F)(F)F)c2)cc1P. The normalized spacial score (nSPS) is 18.7. The minimum Gasteiger partial charge on any atom is -0.345 e. The standard InChI is InChI=1S/C22H18F4N5OP/c1-2-14-20(31(21(14)32)13-3-4-16-17(7-13)28-10-27-16)19-15(23)5-11(6-18(19)33)12-8-29-30(9-12)22(24,25)26/h3-10,14,20H,2,33H2,1H3,(H,27,28)/t14-,20-/m1/s1. The Morgan fingerprint density at radius 2 is 1.97 bits per heavy atom. The molecule has 3 atom stereocenters. The van der Waals surface area contributed by atoms with E-state index in [1.54, 1.807) is 35.5 Å². The van der Waals surface area contributed by atoms with Crippen LogP contribution >= 0.6 is 9.24 Å². The Labute approximate surface area is 187 Å². The van der Waals surface area contributed by atoms with Crippen LogP contribution in [0.15, 0.2) is 49.1 Å². The number of benzene rings is 2. The van der Waals surface area contributed by atoms with Gasteiger partial charge in [-0.2, -0.15) is 9.78 Å². The van der Waals surface area contributed by atoms with E-state index in [0.717, 1.165) is 17.9 Å². The lowest BCUT2D eigenvalue weighted by atomic mass is 9.79. The van der Waals surface area contributed by atoms with Gasteiger partial charge in [0.2, 0.25) is 5.91 Å². The average molecular weight is 475 g/mol. The molecule has 1 saturated heterocycles. The molecule has 0 saturated carbocycles. The molecule has 0 aliphatic carbocycles. The molecule has 1 aliphatic heterocycles. The van der Waals surface area contributed by atoms with Crippen LogP contribution in [-0.2, 0) is 11.1 Å². The number of nitrogens with one attached hydrogen (secondary N) is 1. The van der Waals surface area contributed by atoms with Gasteiger partial charge in [-0.05, 0) is 47.6 Å². The average Bonchev–Trinajstić information content (AvgIpc) is 3.42. The number of hydrogen-bond acceptors (Lipinski definition) is 3. The van der Waals surface area contributed by atoms with E-state index in [1.807, 2.05) is 6.92 Å². The fourth-order valence-electron chi connectivity index (χ4n) is 4.36. The maximum atomic E-state index is 15.4. The molecule has 2 aromatic carbocycles. The van der Waals surface area contributed by atoms with Crippen LogP contribution in [0.5, 0.6) is 0 Å². The summed E-state index contributed by atoms with van der Waals surface area (Å²) < 4.78 is 53.9. The number of aromatic amines is 1. The molecule has 1 unspecified atom stereocenters. The second-order valence-corrected chi connectivity index (χ2v) is 8.50. The molecule has 33 heavy (non-hydrogen) atoms. The van der Waals surface area contributed by atoms with Crippen LogP contribution in [0, 0.1) is 11.7 Å². The van der Waals surface area contributed by atoms with Crippen LogP contribution in [0.3, 0.4) is 0 Å². The number of hydrogen-bond donors (Lipinski definition) is 1. The maximum absolute atomic E-state index is 15.4. The highest BCUT2D eigenvalue weighted by Crippen LogP contribution is 2.46. The Kier molecular flexibility index (Phi) is 5.01. The molecule has 4 aromatic rings. The first-order valence-electron chi connectivity index (χ1n) is 10.2. The first kappa shape index (κ1) is 21.6. The summed E-state index contributed by atoms with van der Waals surface area (Å²) in [7, 11) is 2.45. The van der Waals surface area contributed by atoms with Gasteiger partial charge in [0.15, 0.2) is 0 Å². The summed E-state index contributed by atoms with van der Waals surface area (Å²) in [5.41, 5.74) is 2.83. The van der Waals surface area contributed by atoms with Gasteiger partial charge in [0.05, 0.1) is 35.5 Å². The molecule has 170 valence electrons. The minimum atomic E-state index is -4.66.